The molecule has 0 radical (unpaired) electrons. The zero-order valence-corrected chi connectivity index (χ0v) is 10.6. The molecule has 0 fully saturated rings. The monoisotopic (exact) mass is 280 g/mol. The lowest BCUT2D eigenvalue weighted by Gasteiger charge is -2.11. The number of hydrogen-bond donors (Lipinski definition) is 0. The van der Waals surface area contributed by atoms with Crippen molar-refractivity contribution >= 4 is 17.5 Å². The van der Waals surface area contributed by atoms with Crippen molar-refractivity contribution in [2.45, 2.75) is 19.0 Å². The van der Waals surface area contributed by atoms with Gasteiger partial charge < -0.3 is 4.90 Å². The van der Waals surface area contributed by atoms with Gasteiger partial charge in [-0.3, -0.25) is 9.78 Å². The number of halogens is 4. The van der Waals surface area contributed by atoms with Crippen LogP contribution in [0.1, 0.15) is 17.7 Å². The van der Waals surface area contributed by atoms with Crippen LogP contribution in [0.25, 0.3) is 0 Å². The summed E-state index contributed by atoms with van der Waals surface area (Å²) in [4.78, 5) is 16.4. The maximum atomic E-state index is 12.4. The Morgan fingerprint density at radius 2 is 2.06 bits per heavy atom. The quantitative estimate of drug-likeness (QED) is 0.853. The summed E-state index contributed by atoms with van der Waals surface area (Å²) in [7, 11) is 3.20. The first-order valence-corrected chi connectivity index (χ1v) is 5.51. The van der Waals surface area contributed by atoms with Crippen LogP contribution in [0, 0.1) is 0 Å². The molecular weight excluding hydrogens is 269 g/mol. The second-order valence-electron chi connectivity index (χ2n) is 3.94. The molecule has 1 rings (SSSR count). The number of aromatic nitrogens is 1. The molecule has 1 aromatic heterocycles. The molecular formula is C11H12ClF3N2O. The van der Waals surface area contributed by atoms with Crippen LogP contribution in [0.15, 0.2) is 12.3 Å². The van der Waals surface area contributed by atoms with E-state index in [4.69, 9.17) is 11.6 Å². The molecule has 0 atom stereocenters. The van der Waals surface area contributed by atoms with Gasteiger partial charge in [0.2, 0.25) is 5.91 Å². The van der Waals surface area contributed by atoms with Gasteiger partial charge in [0.05, 0.1) is 16.3 Å². The Balaban J connectivity index is 2.78. The van der Waals surface area contributed by atoms with Crippen molar-refractivity contribution in [3.63, 3.8) is 0 Å². The zero-order valence-electron chi connectivity index (χ0n) is 9.88. The van der Waals surface area contributed by atoms with E-state index in [0.717, 1.165) is 12.3 Å². The largest absolute Gasteiger partial charge is 0.417 e. The normalized spacial score (nSPS) is 11.4. The lowest BCUT2D eigenvalue weighted by molar-refractivity contribution is -0.137. The van der Waals surface area contributed by atoms with Crippen LogP contribution >= 0.6 is 11.6 Å². The zero-order chi connectivity index (χ0) is 13.9. The summed E-state index contributed by atoms with van der Waals surface area (Å²) in [5.74, 6) is -0.132. The van der Waals surface area contributed by atoms with Gasteiger partial charge in [0.1, 0.15) is 0 Å². The second kappa shape index (κ2) is 5.56. The number of amides is 1. The molecule has 3 nitrogen and oxygen atoms in total. The van der Waals surface area contributed by atoms with Crippen LogP contribution in [-0.4, -0.2) is 29.9 Å². The minimum atomic E-state index is -4.46. The molecule has 1 amide bonds. The van der Waals surface area contributed by atoms with Gasteiger partial charge in [-0.15, -0.1) is 0 Å². The molecule has 0 saturated carbocycles. The minimum absolute atomic E-state index is 0.0728. The molecule has 0 spiro atoms. The predicted molar refractivity (Wildman–Crippen MR) is 61.3 cm³/mol. The molecule has 0 N–H and O–H groups in total. The summed E-state index contributed by atoms with van der Waals surface area (Å²) in [6, 6.07) is 0.823. The number of carbonyl (C=O) groups is 1. The molecule has 1 aromatic rings. The average molecular weight is 281 g/mol. The van der Waals surface area contributed by atoms with Crippen molar-refractivity contribution < 1.29 is 18.0 Å². The molecule has 100 valence electrons. The number of pyridine rings is 1. The Kier molecular flexibility index (Phi) is 4.56. The number of rotatable bonds is 3. The second-order valence-corrected chi connectivity index (χ2v) is 4.35. The van der Waals surface area contributed by atoms with Crippen LogP contribution < -0.4 is 0 Å². The van der Waals surface area contributed by atoms with Crippen LogP contribution in [-0.2, 0) is 17.4 Å². The van der Waals surface area contributed by atoms with E-state index >= 15 is 0 Å². The van der Waals surface area contributed by atoms with E-state index in [0.29, 0.717) is 5.69 Å². The first kappa shape index (κ1) is 14.8. The van der Waals surface area contributed by atoms with Gasteiger partial charge in [0, 0.05) is 26.7 Å². The van der Waals surface area contributed by atoms with Crippen molar-refractivity contribution in [3.05, 3.63) is 28.5 Å². The van der Waals surface area contributed by atoms with Gasteiger partial charge in [0.25, 0.3) is 0 Å². The van der Waals surface area contributed by atoms with E-state index in [-0.39, 0.29) is 23.8 Å². The summed E-state index contributed by atoms with van der Waals surface area (Å²) in [6.07, 6.45) is -3.37. The van der Waals surface area contributed by atoms with Gasteiger partial charge in [-0.25, -0.2) is 0 Å². The fraction of sp³-hybridized carbons (Fsp3) is 0.455. The maximum absolute atomic E-state index is 12.4. The Bertz CT molecular complexity index is 446. The number of carbonyl (C=O) groups excluding carboxylic acids is 1. The molecule has 0 aliphatic carbocycles. The number of alkyl halides is 3. The highest BCUT2D eigenvalue weighted by Crippen LogP contribution is 2.31. The Morgan fingerprint density at radius 1 is 1.44 bits per heavy atom. The third kappa shape index (κ3) is 3.87. The van der Waals surface area contributed by atoms with E-state index in [1.54, 1.807) is 14.1 Å². The van der Waals surface area contributed by atoms with Gasteiger partial charge in [-0.1, -0.05) is 11.6 Å². The number of nitrogens with zero attached hydrogens (tertiary/aromatic N) is 2. The topological polar surface area (TPSA) is 33.2 Å². The van der Waals surface area contributed by atoms with E-state index in [1.807, 2.05) is 0 Å². The number of aryl methyl sites for hydroxylation is 1. The van der Waals surface area contributed by atoms with Gasteiger partial charge in [-0.2, -0.15) is 13.2 Å². The third-order valence-corrected chi connectivity index (χ3v) is 2.65. The molecule has 0 aromatic carbocycles. The van der Waals surface area contributed by atoms with Crippen molar-refractivity contribution in [1.82, 2.24) is 9.88 Å². The predicted octanol–water partition coefficient (Wildman–Crippen LogP) is 2.77. The minimum Gasteiger partial charge on any atom is -0.349 e. The lowest BCUT2D eigenvalue weighted by Crippen LogP contribution is -2.22. The van der Waals surface area contributed by atoms with Crippen molar-refractivity contribution in [1.29, 1.82) is 0 Å². The van der Waals surface area contributed by atoms with Crippen LogP contribution in [0.3, 0.4) is 0 Å². The fourth-order valence-corrected chi connectivity index (χ4v) is 1.51. The van der Waals surface area contributed by atoms with E-state index < -0.39 is 11.7 Å². The molecule has 0 unspecified atom stereocenters. The van der Waals surface area contributed by atoms with Crippen molar-refractivity contribution in [3.8, 4) is 0 Å². The third-order valence-electron chi connectivity index (χ3n) is 2.32. The average Bonchev–Trinajstić information content (AvgIpc) is 2.25. The highest BCUT2D eigenvalue weighted by molar-refractivity contribution is 6.31. The Morgan fingerprint density at radius 3 is 2.50 bits per heavy atom. The van der Waals surface area contributed by atoms with Gasteiger partial charge >= 0.3 is 6.18 Å². The van der Waals surface area contributed by atoms with Crippen LogP contribution in [0.5, 0.6) is 0 Å². The van der Waals surface area contributed by atoms with Crippen LogP contribution in [0.4, 0.5) is 13.2 Å². The summed E-state index contributed by atoms with van der Waals surface area (Å²) in [5.41, 5.74) is -0.602. The van der Waals surface area contributed by atoms with Crippen molar-refractivity contribution in [2.24, 2.45) is 0 Å². The van der Waals surface area contributed by atoms with Gasteiger partial charge in [0.15, 0.2) is 0 Å². The molecule has 0 saturated heterocycles. The molecule has 0 bridgehead atoms. The number of hydrogen-bond acceptors (Lipinski definition) is 2. The standard InChI is InChI=1S/C11H12ClF3N2O/c1-17(2)10(18)4-3-9-8(12)5-7(6-16-9)11(13,14)15/h5-6H,3-4H2,1-2H3. The summed E-state index contributed by atoms with van der Waals surface area (Å²) < 4.78 is 37.1. The molecule has 0 aliphatic rings. The highest BCUT2D eigenvalue weighted by atomic mass is 35.5. The Hall–Kier alpha value is -1.30. The first-order valence-electron chi connectivity index (χ1n) is 5.13. The van der Waals surface area contributed by atoms with E-state index in [2.05, 4.69) is 4.98 Å². The Labute approximate surface area is 108 Å². The smallest absolute Gasteiger partial charge is 0.349 e. The summed E-state index contributed by atoms with van der Waals surface area (Å²) >= 11 is 5.71. The summed E-state index contributed by atoms with van der Waals surface area (Å²) in [6.45, 7) is 0. The summed E-state index contributed by atoms with van der Waals surface area (Å²) in [5, 5.41) is -0.0728. The highest BCUT2D eigenvalue weighted by Gasteiger charge is 2.31. The van der Waals surface area contributed by atoms with Crippen molar-refractivity contribution in [2.75, 3.05) is 14.1 Å². The molecule has 1 heterocycles. The molecule has 7 heteroatoms. The van der Waals surface area contributed by atoms with E-state index in [1.165, 1.54) is 4.90 Å². The first-order chi connectivity index (χ1) is 8.21. The fourth-order valence-electron chi connectivity index (χ4n) is 1.25. The molecule has 18 heavy (non-hydrogen) atoms. The lowest BCUT2D eigenvalue weighted by atomic mass is 10.1. The van der Waals surface area contributed by atoms with E-state index in [9.17, 15) is 18.0 Å². The van der Waals surface area contributed by atoms with Crippen LogP contribution in [0.2, 0.25) is 5.02 Å². The SMILES string of the molecule is CN(C)C(=O)CCc1ncc(C(F)(F)F)cc1Cl. The van der Waals surface area contributed by atoms with Gasteiger partial charge in [-0.05, 0) is 12.5 Å². The molecule has 0 aliphatic heterocycles. The maximum Gasteiger partial charge on any atom is 0.417 e.